The molecule has 0 aromatic carbocycles. The Morgan fingerprint density at radius 2 is 2.30 bits per heavy atom. The lowest BCUT2D eigenvalue weighted by molar-refractivity contribution is 0.284. The summed E-state index contributed by atoms with van der Waals surface area (Å²) in [4.78, 5) is 9.01. The minimum absolute atomic E-state index is 0.302. The number of nitriles is 1. The minimum atomic E-state index is -1.47. The molecule has 58 valence electrons. The fourth-order valence-corrected chi connectivity index (χ4v) is 0.774. The summed E-state index contributed by atoms with van der Waals surface area (Å²) in [5.41, 5.74) is 0. The molecule has 1 atom stereocenters. The lowest BCUT2D eigenvalue weighted by Gasteiger charge is -2.15. The largest absolute Gasteiger partial charge is 0.338 e. The summed E-state index contributed by atoms with van der Waals surface area (Å²) >= 11 is 0. The Kier molecular flexibility index (Phi) is 5.46. The van der Waals surface area contributed by atoms with Crippen LogP contribution in [0.1, 0.15) is 6.42 Å². The summed E-state index contributed by atoms with van der Waals surface area (Å²) in [6, 6.07) is 1.92. The van der Waals surface area contributed by atoms with Crippen molar-refractivity contribution in [2.45, 2.75) is 6.42 Å². The molecule has 0 aromatic heterocycles. The molecule has 0 aliphatic rings. The van der Waals surface area contributed by atoms with Gasteiger partial charge in [0.1, 0.15) is 0 Å². The molecular weight excluding hydrogens is 151 g/mol. The van der Waals surface area contributed by atoms with Crippen LogP contribution in [-0.4, -0.2) is 30.3 Å². The Bertz CT molecular complexity index is 123. The number of hydrogen-bond acceptors (Lipinski definition) is 4. The van der Waals surface area contributed by atoms with Crippen LogP contribution in [0.15, 0.2) is 0 Å². The van der Waals surface area contributed by atoms with Gasteiger partial charge in [0, 0.05) is 0 Å². The topological polar surface area (TPSA) is 56.5 Å². The third-order valence-electron chi connectivity index (χ3n) is 0.763. The van der Waals surface area contributed by atoms with Crippen LogP contribution in [0.25, 0.3) is 0 Å². The van der Waals surface area contributed by atoms with Crippen molar-refractivity contribution in [2.75, 3.05) is 20.7 Å². The quantitative estimate of drug-likeness (QED) is 0.488. The van der Waals surface area contributed by atoms with Gasteiger partial charge in [0.25, 0.3) is 8.53 Å². The fraction of sp³-hybridized carbons (Fsp3) is 0.800. The summed E-state index contributed by atoms with van der Waals surface area (Å²) in [6.45, 7) is 0.302. The molecule has 0 amide bonds. The van der Waals surface area contributed by atoms with E-state index in [-0.39, 0.29) is 0 Å². The number of nitrogens with zero attached hydrogens (tertiary/aromatic N) is 2. The Balaban J connectivity index is 3.23. The Morgan fingerprint density at radius 3 is 2.70 bits per heavy atom. The third-order valence-corrected chi connectivity index (χ3v) is 1.86. The first-order valence-electron chi connectivity index (χ1n) is 2.84. The zero-order chi connectivity index (χ0) is 7.98. The zero-order valence-corrected chi connectivity index (χ0v) is 7.01. The van der Waals surface area contributed by atoms with E-state index in [2.05, 4.69) is 0 Å². The monoisotopic (exact) mass is 162 g/mol. The van der Waals surface area contributed by atoms with Crippen LogP contribution in [-0.2, 0) is 4.52 Å². The van der Waals surface area contributed by atoms with Crippen molar-refractivity contribution in [1.82, 2.24) is 4.67 Å². The van der Waals surface area contributed by atoms with Crippen molar-refractivity contribution >= 4 is 8.53 Å². The molecule has 10 heavy (non-hydrogen) atoms. The molecule has 0 radical (unpaired) electrons. The predicted octanol–water partition coefficient (Wildman–Crippen LogP) is 0.697. The Labute approximate surface area is 62.0 Å². The van der Waals surface area contributed by atoms with E-state index in [1.165, 1.54) is 0 Å². The van der Waals surface area contributed by atoms with Gasteiger partial charge < -0.3 is 9.42 Å². The summed E-state index contributed by atoms with van der Waals surface area (Å²) in [7, 11) is 1.97. The van der Waals surface area contributed by atoms with Gasteiger partial charge >= 0.3 is 0 Å². The molecule has 1 N–H and O–H groups in total. The molecule has 0 heterocycles. The van der Waals surface area contributed by atoms with Gasteiger partial charge in [-0.2, -0.15) is 5.26 Å². The highest BCUT2D eigenvalue weighted by Crippen LogP contribution is 2.32. The lowest BCUT2D eigenvalue weighted by atomic mass is 10.5. The van der Waals surface area contributed by atoms with E-state index in [1.807, 2.05) is 6.07 Å². The van der Waals surface area contributed by atoms with Gasteiger partial charge in [0.2, 0.25) is 0 Å². The summed E-state index contributed by atoms with van der Waals surface area (Å²) in [6.07, 6.45) is 0.327. The van der Waals surface area contributed by atoms with E-state index >= 15 is 0 Å². The van der Waals surface area contributed by atoms with Crippen LogP contribution in [0.5, 0.6) is 0 Å². The highest BCUT2D eigenvalue weighted by molar-refractivity contribution is 7.43. The molecule has 0 aliphatic heterocycles. The van der Waals surface area contributed by atoms with Gasteiger partial charge in [-0.15, -0.1) is 0 Å². The predicted molar refractivity (Wildman–Crippen MR) is 39.0 cm³/mol. The van der Waals surface area contributed by atoms with Crippen molar-refractivity contribution in [3.63, 3.8) is 0 Å². The molecule has 0 rings (SSSR count). The third kappa shape index (κ3) is 4.66. The van der Waals surface area contributed by atoms with Gasteiger partial charge in [-0.25, -0.2) is 4.67 Å². The van der Waals surface area contributed by atoms with Crippen molar-refractivity contribution < 1.29 is 9.42 Å². The molecule has 0 fully saturated rings. The Hall–Kier alpha value is -0.200. The molecule has 0 spiro atoms. The maximum atomic E-state index is 9.01. The smallest absolute Gasteiger partial charge is 0.255 e. The fourth-order valence-electron chi connectivity index (χ4n) is 0.288. The molecule has 0 aliphatic carbocycles. The summed E-state index contributed by atoms with van der Waals surface area (Å²) in [5.74, 6) is 0. The van der Waals surface area contributed by atoms with Crippen LogP contribution in [0, 0.1) is 11.3 Å². The summed E-state index contributed by atoms with van der Waals surface area (Å²) < 4.78 is 6.44. The van der Waals surface area contributed by atoms with Crippen LogP contribution in [0.2, 0.25) is 0 Å². The minimum Gasteiger partial charge on any atom is -0.338 e. The van der Waals surface area contributed by atoms with E-state index in [1.54, 1.807) is 18.8 Å². The molecule has 0 saturated carbocycles. The maximum absolute atomic E-state index is 9.01. The van der Waals surface area contributed by atoms with E-state index in [0.717, 1.165) is 0 Å². The number of hydrogen-bond donors (Lipinski definition) is 1. The first-order chi connectivity index (χ1) is 4.68. The summed E-state index contributed by atoms with van der Waals surface area (Å²) in [5, 5.41) is 8.10. The second kappa shape index (κ2) is 5.57. The highest BCUT2D eigenvalue weighted by atomic mass is 31.2. The van der Waals surface area contributed by atoms with Gasteiger partial charge in [-0.05, 0) is 14.1 Å². The maximum Gasteiger partial charge on any atom is 0.255 e. The molecule has 0 saturated heterocycles. The van der Waals surface area contributed by atoms with Crippen molar-refractivity contribution in [3.8, 4) is 6.07 Å². The lowest BCUT2D eigenvalue weighted by Crippen LogP contribution is -2.06. The molecular formula is C5H11N2O2P. The molecule has 0 aromatic rings. The van der Waals surface area contributed by atoms with E-state index < -0.39 is 8.53 Å². The van der Waals surface area contributed by atoms with Crippen LogP contribution >= 0.6 is 8.53 Å². The average molecular weight is 162 g/mol. The molecule has 5 heteroatoms. The van der Waals surface area contributed by atoms with Crippen molar-refractivity contribution in [3.05, 3.63) is 0 Å². The molecule has 0 bridgehead atoms. The first kappa shape index (κ1) is 9.80. The average Bonchev–Trinajstić information content (AvgIpc) is 1.88. The van der Waals surface area contributed by atoms with Gasteiger partial charge in [0.15, 0.2) is 0 Å². The van der Waals surface area contributed by atoms with E-state index in [0.29, 0.717) is 13.0 Å². The zero-order valence-electron chi connectivity index (χ0n) is 6.11. The van der Waals surface area contributed by atoms with Gasteiger partial charge in [0.05, 0.1) is 19.1 Å². The van der Waals surface area contributed by atoms with E-state index in [9.17, 15) is 0 Å². The SMILES string of the molecule is CN(C)P(O)OCCC#N. The van der Waals surface area contributed by atoms with Crippen molar-refractivity contribution in [2.24, 2.45) is 0 Å². The molecule has 4 nitrogen and oxygen atoms in total. The van der Waals surface area contributed by atoms with Crippen LogP contribution < -0.4 is 0 Å². The number of rotatable bonds is 4. The highest BCUT2D eigenvalue weighted by Gasteiger charge is 2.06. The van der Waals surface area contributed by atoms with Crippen molar-refractivity contribution in [1.29, 1.82) is 5.26 Å². The first-order valence-corrected chi connectivity index (χ1v) is 4.01. The van der Waals surface area contributed by atoms with Gasteiger partial charge in [-0.1, -0.05) is 0 Å². The molecule has 1 unspecified atom stereocenters. The van der Waals surface area contributed by atoms with Gasteiger partial charge in [-0.3, -0.25) is 0 Å². The second-order valence-corrected chi connectivity index (χ2v) is 3.40. The standard InChI is InChI=1S/C5H11N2O2P/c1-7(2)10(8)9-5-3-4-6/h8H,3,5H2,1-2H3. The van der Waals surface area contributed by atoms with E-state index in [4.69, 9.17) is 14.7 Å². The second-order valence-electron chi connectivity index (χ2n) is 1.84. The van der Waals surface area contributed by atoms with Crippen LogP contribution in [0.3, 0.4) is 0 Å². The van der Waals surface area contributed by atoms with Crippen LogP contribution in [0.4, 0.5) is 0 Å². The normalized spacial score (nSPS) is 13.1. The Morgan fingerprint density at radius 1 is 1.70 bits per heavy atom.